The summed E-state index contributed by atoms with van der Waals surface area (Å²) in [6.07, 6.45) is 4.00. The summed E-state index contributed by atoms with van der Waals surface area (Å²) in [6, 6.07) is 8.64. The van der Waals surface area contributed by atoms with Crippen LogP contribution in [0.3, 0.4) is 0 Å². The second-order valence-corrected chi connectivity index (χ2v) is 6.32. The quantitative estimate of drug-likeness (QED) is 0.924. The van der Waals surface area contributed by atoms with Crippen LogP contribution in [-0.4, -0.2) is 42.0 Å². The van der Waals surface area contributed by atoms with Crippen molar-refractivity contribution in [3.63, 3.8) is 0 Å². The van der Waals surface area contributed by atoms with Crippen LogP contribution in [0.2, 0.25) is 0 Å². The Labute approximate surface area is 129 Å². The second-order valence-electron chi connectivity index (χ2n) is 6.32. The number of aromatic nitrogens is 1. The summed E-state index contributed by atoms with van der Waals surface area (Å²) >= 11 is 0. The fourth-order valence-electron chi connectivity index (χ4n) is 3.79. The monoisotopic (exact) mass is 302 g/mol. The molecule has 4 rings (SSSR count). The van der Waals surface area contributed by atoms with Crippen LogP contribution in [0.15, 0.2) is 28.7 Å². The molecule has 0 radical (unpaired) electrons. The maximum Gasteiger partial charge on any atom is 0.298 e. The van der Waals surface area contributed by atoms with E-state index < -0.39 is 0 Å². The number of aliphatic hydroxyl groups excluding tert-OH is 1. The third-order valence-electron chi connectivity index (χ3n) is 4.97. The highest BCUT2D eigenvalue weighted by Gasteiger charge is 2.38. The highest BCUT2D eigenvalue weighted by Crippen LogP contribution is 2.34. The van der Waals surface area contributed by atoms with Gasteiger partial charge in [-0.3, -0.25) is 0 Å². The van der Waals surface area contributed by atoms with Gasteiger partial charge in [-0.05, 0) is 25.0 Å². The number of benzene rings is 1. The lowest BCUT2D eigenvalue weighted by Crippen LogP contribution is -2.53. The van der Waals surface area contributed by atoms with E-state index in [1.165, 1.54) is 6.42 Å². The van der Waals surface area contributed by atoms with Crippen LogP contribution in [0.1, 0.15) is 25.7 Å². The highest BCUT2D eigenvalue weighted by atomic mass is 16.5. The van der Waals surface area contributed by atoms with Crippen LogP contribution in [-0.2, 0) is 4.74 Å². The third kappa shape index (κ3) is 2.48. The molecule has 1 N–H and O–H groups in total. The van der Waals surface area contributed by atoms with E-state index in [9.17, 15) is 5.11 Å². The minimum atomic E-state index is -0.243. The zero-order chi connectivity index (χ0) is 14.9. The Morgan fingerprint density at radius 3 is 2.91 bits per heavy atom. The van der Waals surface area contributed by atoms with Crippen LogP contribution < -0.4 is 4.90 Å². The number of anilines is 1. The van der Waals surface area contributed by atoms with Crippen LogP contribution >= 0.6 is 0 Å². The van der Waals surface area contributed by atoms with Gasteiger partial charge in [0, 0.05) is 12.5 Å². The zero-order valence-electron chi connectivity index (χ0n) is 12.6. The summed E-state index contributed by atoms with van der Waals surface area (Å²) in [5.74, 6) is 0.240. The van der Waals surface area contributed by atoms with Gasteiger partial charge < -0.3 is 19.2 Å². The number of para-hydroxylation sites is 2. The molecule has 118 valence electrons. The molecule has 1 aliphatic carbocycles. The fraction of sp³-hybridized carbons (Fsp3) is 0.588. The Kier molecular flexibility index (Phi) is 3.76. The van der Waals surface area contributed by atoms with Gasteiger partial charge in [-0.1, -0.05) is 25.0 Å². The van der Waals surface area contributed by atoms with Gasteiger partial charge in [0.1, 0.15) is 5.52 Å². The predicted octanol–water partition coefficient (Wildman–Crippen LogP) is 2.58. The molecule has 0 spiro atoms. The van der Waals surface area contributed by atoms with Crippen molar-refractivity contribution in [2.75, 3.05) is 24.7 Å². The summed E-state index contributed by atoms with van der Waals surface area (Å²) in [6.45, 7) is 2.08. The Balaban J connectivity index is 1.64. The minimum absolute atomic E-state index is 0.150. The number of nitrogens with zero attached hydrogens (tertiary/aromatic N) is 2. The van der Waals surface area contributed by atoms with Gasteiger partial charge in [0.25, 0.3) is 6.01 Å². The molecule has 5 nitrogen and oxygen atoms in total. The SMILES string of the molecule is O[C@@H]1CCCC[C@@H]1[C@@H]1COCCN1c1nc2ccccc2o1. The molecule has 1 aromatic heterocycles. The number of rotatable bonds is 2. The zero-order valence-corrected chi connectivity index (χ0v) is 12.6. The van der Waals surface area contributed by atoms with Crippen molar-refractivity contribution in [2.24, 2.45) is 5.92 Å². The van der Waals surface area contributed by atoms with Crippen LogP contribution in [0.25, 0.3) is 11.1 Å². The first-order valence-electron chi connectivity index (χ1n) is 8.21. The van der Waals surface area contributed by atoms with Crippen molar-refractivity contribution >= 4 is 17.1 Å². The number of ether oxygens (including phenoxy) is 1. The lowest BCUT2D eigenvalue weighted by molar-refractivity contribution is 0.00709. The molecule has 2 aliphatic rings. The number of aliphatic hydroxyl groups is 1. The molecule has 1 aromatic carbocycles. The van der Waals surface area contributed by atoms with Gasteiger partial charge in [0.05, 0.1) is 25.4 Å². The van der Waals surface area contributed by atoms with Gasteiger partial charge in [0.15, 0.2) is 5.58 Å². The largest absolute Gasteiger partial charge is 0.423 e. The highest BCUT2D eigenvalue weighted by molar-refractivity contribution is 5.74. The van der Waals surface area contributed by atoms with Crippen molar-refractivity contribution in [2.45, 2.75) is 37.8 Å². The first-order chi connectivity index (χ1) is 10.8. The summed E-state index contributed by atoms with van der Waals surface area (Å²) < 4.78 is 11.6. The third-order valence-corrected chi connectivity index (χ3v) is 4.97. The molecule has 5 heteroatoms. The average molecular weight is 302 g/mol. The summed E-state index contributed by atoms with van der Waals surface area (Å²) in [5, 5.41) is 10.4. The molecule has 0 bridgehead atoms. The smallest absolute Gasteiger partial charge is 0.298 e. The number of hydrogen-bond donors (Lipinski definition) is 1. The Morgan fingerprint density at radius 1 is 1.18 bits per heavy atom. The molecule has 0 amide bonds. The molecule has 2 fully saturated rings. The summed E-state index contributed by atoms with van der Waals surface area (Å²) in [7, 11) is 0. The molecule has 3 atom stereocenters. The number of fused-ring (bicyclic) bond motifs is 1. The second kappa shape index (κ2) is 5.89. The van der Waals surface area contributed by atoms with E-state index in [-0.39, 0.29) is 18.1 Å². The molecular formula is C17H22N2O3. The van der Waals surface area contributed by atoms with Gasteiger partial charge in [0.2, 0.25) is 0 Å². The van der Waals surface area contributed by atoms with Gasteiger partial charge in [-0.15, -0.1) is 0 Å². The lowest BCUT2D eigenvalue weighted by atomic mass is 9.81. The number of oxazole rings is 1. The van der Waals surface area contributed by atoms with E-state index in [4.69, 9.17) is 9.15 Å². The van der Waals surface area contributed by atoms with E-state index in [0.29, 0.717) is 19.2 Å². The van der Waals surface area contributed by atoms with E-state index in [1.807, 2.05) is 24.3 Å². The Hall–Kier alpha value is -1.59. The van der Waals surface area contributed by atoms with Crippen molar-refractivity contribution in [1.82, 2.24) is 4.98 Å². The molecule has 1 saturated carbocycles. The molecule has 22 heavy (non-hydrogen) atoms. The molecule has 0 unspecified atom stereocenters. The van der Waals surface area contributed by atoms with Crippen molar-refractivity contribution in [3.8, 4) is 0 Å². The Morgan fingerprint density at radius 2 is 2.05 bits per heavy atom. The van der Waals surface area contributed by atoms with Crippen molar-refractivity contribution in [1.29, 1.82) is 0 Å². The van der Waals surface area contributed by atoms with E-state index >= 15 is 0 Å². The molecule has 2 aromatic rings. The van der Waals surface area contributed by atoms with E-state index in [1.54, 1.807) is 0 Å². The average Bonchev–Trinajstić information content (AvgIpc) is 2.99. The number of hydrogen-bond acceptors (Lipinski definition) is 5. The molecule has 1 saturated heterocycles. The first kappa shape index (κ1) is 14.0. The van der Waals surface area contributed by atoms with Gasteiger partial charge in [-0.2, -0.15) is 4.98 Å². The Bertz CT molecular complexity index is 609. The summed E-state index contributed by atoms with van der Waals surface area (Å²) in [5.41, 5.74) is 1.69. The predicted molar refractivity (Wildman–Crippen MR) is 83.9 cm³/mol. The normalized spacial score (nSPS) is 29.9. The molecule has 2 heterocycles. The lowest BCUT2D eigenvalue weighted by Gasteiger charge is -2.42. The maximum absolute atomic E-state index is 10.4. The van der Waals surface area contributed by atoms with Gasteiger partial charge in [-0.25, -0.2) is 0 Å². The fourth-order valence-corrected chi connectivity index (χ4v) is 3.79. The van der Waals surface area contributed by atoms with Crippen LogP contribution in [0, 0.1) is 5.92 Å². The topological polar surface area (TPSA) is 58.7 Å². The molecular weight excluding hydrogens is 280 g/mol. The minimum Gasteiger partial charge on any atom is -0.423 e. The number of morpholine rings is 1. The van der Waals surface area contributed by atoms with Crippen LogP contribution in [0.5, 0.6) is 0 Å². The maximum atomic E-state index is 10.4. The van der Waals surface area contributed by atoms with Gasteiger partial charge >= 0.3 is 0 Å². The summed E-state index contributed by atoms with van der Waals surface area (Å²) in [4.78, 5) is 6.83. The van der Waals surface area contributed by atoms with E-state index in [0.717, 1.165) is 36.9 Å². The van der Waals surface area contributed by atoms with E-state index in [2.05, 4.69) is 9.88 Å². The molecule has 1 aliphatic heterocycles. The first-order valence-corrected chi connectivity index (χ1v) is 8.21. The van der Waals surface area contributed by atoms with Crippen molar-refractivity contribution in [3.05, 3.63) is 24.3 Å². The van der Waals surface area contributed by atoms with Crippen molar-refractivity contribution < 1.29 is 14.3 Å². The van der Waals surface area contributed by atoms with Crippen LogP contribution in [0.4, 0.5) is 6.01 Å². The standard InChI is InChI=1S/C17H22N2O3/c20-15-7-3-1-5-12(15)14-11-21-10-9-19(14)17-18-13-6-2-4-8-16(13)22-17/h2,4,6,8,12,14-15,20H,1,3,5,7,9-11H2/t12-,14+,15-/m1/s1.